The summed E-state index contributed by atoms with van der Waals surface area (Å²) < 4.78 is 5.22. The van der Waals surface area contributed by atoms with Crippen LogP contribution in [0, 0.1) is 0 Å². The molecule has 0 saturated carbocycles. The van der Waals surface area contributed by atoms with Crippen molar-refractivity contribution in [3.8, 4) is 0 Å². The van der Waals surface area contributed by atoms with Gasteiger partial charge in [0.1, 0.15) is 0 Å². The Bertz CT molecular complexity index is 743. The second-order valence-corrected chi connectivity index (χ2v) is 6.20. The lowest BCUT2D eigenvalue weighted by molar-refractivity contribution is -0.135. The largest absolute Gasteiger partial charge is 0.378 e. The van der Waals surface area contributed by atoms with Crippen LogP contribution in [0.2, 0.25) is 0 Å². The van der Waals surface area contributed by atoms with E-state index < -0.39 is 6.04 Å². The second kappa shape index (κ2) is 9.56. The normalized spacial score (nSPS) is 15.3. The number of halogens is 1. The quantitative estimate of drug-likeness (QED) is 0.690. The number of rotatable bonds is 6. The second-order valence-electron chi connectivity index (χ2n) is 6.20. The maximum atomic E-state index is 12.2. The lowest BCUT2D eigenvalue weighted by atomic mass is 10.1. The molecular weight excluding hydrogens is 356 g/mol. The molecule has 8 heteroatoms. The average molecular weight is 381 g/mol. The number of benzene rings is 1. The van der Waals surface area contributed by atoms with Crippen LogP contribution in [-0.2, 0) is 20.7 Å². The van der Waals surface area contributed by atoms with Crippen molar-refractivity contribution >= 4 is 35.1 Å². The minimum absolute atomic E-state index is 0. The van der Waals surface area contributed by atoms with E-state index in [-0.39, 0.29) is 30.6 Å². The molecule has 2 heterocycles. The van der Waals surface area contributed by atoms with E-state index >= 15 is 0 Å². The van der Waals surface area contributed by atoms with Crippen molar-refractivity contribution in [2.75, 3.05) is 32.8 Å². The Kier molecular flexibility index (Phi) is 7.44. The molecule has 1 aliphatic heterocycles. The van der Waals surface area contributed by atoms with Crippen molar-refractivity contribution < 1.29 is 14.3 Å². The predicted octanol–water partition coefficient (Wildman–Crippen LogP) is 0.825. The first-order valence-corrected chi connectivity index (χ1v) is 8.59. The number of aromatic nitrogens is 1. The molecule has 1 aliphatic rings. The van der Waals surface area contributed by atoms with Crippen molar-refractivity contribution in [2.45, 2.75) is 18.9 Å². The van der Waals surface area contributed by atoms with Crippen LogP contribution in [0.4, 0.5) is 0 Å². The molecule has 0 unspecified atom stereocenters. The third-order valence-electron chi connectivity index (χ3n) is 4.45. The number of hydrogen-bond acceptors (Lipinski definition) is 4. The molecule has 0 bridgehead atoms. The molecule has 2 aromatic rings. The van der Waals surface area contributed by atoms with Crippen LogP contribution in [0.5, 0.6) is 0 Å². The number of carbonyl (C=O) groups is 2. The summed E-state index contributed by atoms with van der Waals surface area (Å²) in [5.74, 6) is -0.200. The number of nitrogens with two attached hydrogens (primary N) is 1. The number of amides is 2. The fourth-order valence-electron chi connectivity index (χ4n) is 3.02. The van der Waals surface area contributed by atoms with Crippen LogP contribution >= 0.6 is 12.4 Å². The van der Waals surface area contributed by atoms with Crippen molar-refractivity contribution in [2.24, 2.45) is 5.73 Å². The Labute approximate surface area is 158 Å². The molecule has 142 valence electrons. The van der Waals surface area contributed by atoms with Crippen LogP contribution in [0.25, 0.3) is 10.9 Å². The van der Waals surface area contributed by atoms with Gasteiger partial charge < -0.3 is 25.7 Å². The van der Waals surface area contributed by atoms with E-state index in [1.54, 1.807) is 4.90 Å². The molecular formula is C18H25ClN4O3. The van der Waals surface area contributed by atoms with Gasteiger partial charge in [-0.2, -0.15) is 0 Å². The highest BCUT2D eigenvalue weighted by atomic mass is 35.5. The Balaban J connectivity index is 0.00000243. The van der Waals surface area contributed by atoms with E-state index in [1.165, 1.54) is 0 Å². The van der Waals surface area contributed by atoms with Gasteiger partial charge in [-0.05, 0) is 18.1 Å². The molecule has 2 amide bonds. The molecule has 4 N–H and O–H groups in total. The molecule has 1 aromatic carbocycles. The highest BCUT2D eigenvalue weighted by molar-refractivity contribution is 5.86. The van der Waals surface area contributed by atoms with E-state index in [4.69, 9.17) is 10.5 Å². The van der Waals surface area contributed by atoms with Crippen molar-refractivity contribution in [1.82, 2.24) is 15.2 Å². The minimum Gasteiger partial charge on any atom is -0.378 e. The number of morpholine rings is 1. The summed E-state index contributed by atoms with van der Waals surface area (Å²) >= 11 is 0. The minimum atomic E-state index is -0.641. The summed E-state index contributed by atoms with van der Waals surface area (Å²) in [4.78, 5) is 29.2. The molecule has 1 saturated heterocycles. The Morgan fingerprint density at radius 1 is 1.27 bits per heavy atom. The van der Waals surface area contributed by atoms with Crippen molar-refractivity contribution in [3.63, 3.8) is 0 Å². The topological polar surface area (TPSA) is 100 Å². The highest BCUT2D eigenvalue weighted by Crippen LogP contribution is 2.18. The summed E-state index contributed by atoms with van der Waals surface area (Å²) in [5.41, 5.74) is 8.07. The number of H-pyrrole nitrogens is 1. The number of hydrogen-bond donors (Lipinski definition) is 3. The summed E-state index contributed by atoms with van der Waals surface area (Å²) in [6.45, 7) is 2.69. The molecule has 1 aromatic heterocycles. The zero-order valence-corrected chi connectivity index (χ0v) is 15.4. The molecule has 7 nitrogen and oxygen atoms in total. The van der Waals surface area contributed by atoms with E-state index in [2.05, 4.69) is 10.3 Å². The van der Waals surface area contributed by atoms with Gasteiger partial charge in [0.15, 0.2) is 0 Å². The number of fused-ring (bicyclic) bond motifs is 1. The third kappa shape index (κ3) is 4.97. The monoisotopic (exact) mass is 380 g/mol. The summed E-state index contributed by atoms with van der Waals surface area (Å²) in [6.07, 6.45) is 2.62. The Morgan fingerprint density at radius 2 is 2.00 bits per heavy atom. The van der Waals surface area contributed by atoms with Gasteiger partial charge in [0, 0.05) is 43.2 Å². The zero-order chi connectivity index (χ0) is 17.6. The SMILES string of the molecule is Cl.N[C@@H](Cc1c[nH]c2ccccc12)C(=O)NCCC(=O)N1CCOCC1. The molecule has 0 spiro atoms. The molecule has 3 rings (SSSR count). The average Bonchev–Trinajstić information content (AvgIpc) is 3.05. The van der Waals surface area contributed by atoms with Gasteiger partial charge in [-0.1, -0.05) is 18.2 Å². The highest BCUT2D eigenvalue weighted by Gasteiger charge is 2.19. The first kappa shape index (κ1) is 20.2. The lowest BCUT2D eigenvalue weighted by Crippen LogP contribution is -2.45. The van der Waals surface area contributed by atoms with E-state index in [9.17, 15) is 9.59 Å². The van der Waals surface area contributed by atoms with Crippen LogP contribution in [-0.4, -0.2) is 60.6 Å². The van der Waals surface area contributed by atoms with Gasteiger partial charge in [-0.3, -0.25) is 9.59 Å². The van der Waals surface area contributed by atoms with E-state index in [0.717, 1.165) is 16.5 Å². The van der Waals surface area contributed by atoms with Crippen LogP contribution < -0.4 is 11.1 Å². The van der Waals surface area contributed by atoms with Crippen LogP contribution in [0.3, 0.4) is 0 Å². The first-order chi connectivity index (χ1) is 12.1. The van der Waals surface area contributed by atoms with Gasteiger partial charge in [0.05, 0.1) is 19.3 Å². The Morgan fingerprint density at radius 3 is 2.77 bits per heavy atom. The number of nitrogens with zero attached hydrogens (tertiary/aromatic N) is 1. The molecule has 1 fully saturated rings. The molecule has 26 heavy (non-hydrogen) atoms. The number of para-hydroxylation sites is 1. The van der Waals surface area contributed by atoms with Crippen molar-refractivity contribution in [3.05, 3.63) is 36.0 Å². The summed E-state index contributed by atoms with van der Waals surface area (Å²) in [7, 11) is 0. The molecule has 0 aliphatic carbocycles. The Hall–Kier alpha value is -2.09. The maximum absolute atomic E-state index is 12.2. The zero-order valence-electron chi connectivity index (χ0n) is 14.6. The maximum Gasteiger partial charge on any atom is 0.237 e. The van der Waals surface area contributed by atoms with Gasteiger partial charge >= 0.3 is 0 Å². The van der Waals surface area contributed by atoms with Gasteiger partial charge in [0.25, 0.3) is 0 Å². The predicted molar refractivity (Wildman–Crippen MR) is 102 cm³/mol. The summed E-state index contributed by atoms with van der Waals surface area (Å²) in [6, 6.07) is 7.27. The first-order valence-electron chi connectivity index (χ1n) is 8.59. The number of aromatic amines is 1. The van der Waals surface area contributed by atoms with Gasteiger partial charge in [-0.25, -0.2) is 0 Å². The lowest BCUT2D eigenvalue weighted by Gasteiger charge is -2.26. The van der Waals surface area contributed by atoms with Gasteiger partial charge in [-0.15, -0.1) is 12.4 Å². The number of nitrogens with one attached hydrogen (secondary N) is 2. The van der Waals surface area contributed by atoms with Crippen LogP contribution in [0.1, 0.15) is 12.0 Å². The van der Waals surface area contributed by atoms with Crippen molar-refractivity contribution in [1.29, 1.82) is 0 Å². The van der Waals surface area contributed by atoms with E-state index in [0.29, 0.717) is 39.3 Å². The van der Waals surface area contributed by atoms with E-state index in [1.807, 2.05) is 30.5 Å². The molecule has 1 atom stereocenters. The third-order valence-corrected chi connectivity index (χ3v) is 4.45. The number of carbonyl (C=O) groups excluding carboxylic acids is 2. The smallest absolute Gasteiger partial charge is 0.237 e. The summed E-state index contributed by atoms with van der Waals surface area (Å²) in [5, 5.41) is 3.84. The number of ether oxygens (including phenoxy) is 1. The fourth-order valence-corrected chi connectivity index (χ4v) is 3.02. The molecule has 0 radical (unpaired) electrons. The standard InChI is InChI=1S/C18H24N4O3.ClH/c19-15(11-13-12-21-16-4-2-1-3-14(13)16)18(24)20-6-5-17(23)22-7-9-25-10-8-22;/h1-4,12,15,21H,5-11,19H2,(H,20,24);1H/t15-;/m0./s1. The van der Waals surface area contributed by atoms with Gasteiger partial charge in [0.2, 0.25) is 11.8 Å². The van der Waals surface area contributed by atoms with Crippen LogP contribution in [0.15, 0.2) is 30.5 Å². The fraction of sp³-hybridized carbons (Fsp3) is 0.444.